The molecule has 0 heterocycles. The molecule has 0 radical (unpaired) electrons. The molecule has 0 bridgehead atoms. The number of nitrogens with zero attached hydrogens (tertiary/aromatic N) is 1. The lowest BCUT2D eigenvalue weighted by molar-refractivity contribution is -0.384. The highest BCUT2D eigenvalue weighted by atomic mass is 16.6. The molecule has 0 saturated carbocycles. The molecule has 100 valence electrons. The van der Waals surface area contributed by atoms with E-state index >= 15 is 0 Å². The van der Waals surface area contributed by atoms with Gasteiger partial charge < -0.3 is 0 Å². The van der Waals surface area contributed by atoms with Gasteiger partial charge in [0.25, 0.3) is 5.69 Å². The Morgan fingerprint density at radius 2 is 1.94 bits per heavy atom. The van der Waals surface area contributed by atoms with E-state index in [1.165, 1.54) is 12.0 Å². The maximum absolute atomic E-state index is 10.8. The van der Waals surface area contributed by atoms with Gasteiger partial charge in [-0.15, -0.1) is 0 Å². The van der Waals surface area contributed by atoms with E-state index in [0.717, 1.165) is 37.2 Å². The second-order valence-corrected chi connectivity index (χ2v) is 5.01. The lowest BCUT2D eigenvalue weighted by Gasteiger charge is -2.11. The second-order valence-electron chi connectivity index (χ2n) is 5.01. The van der Waals surface area contributed by atoms with E-state index in [2.05, 4.69) is 20.8 Å². The minimum Gasteiger partial charge on any atom is -0.258 e. The monoisotopic (exact) mass is 249 g/mol. The van der Waals surface area contributed by atoms with E-state index in [9.17, 15) is 10.1 Å². The zero-order chi connectivity index (χ0) is 13.5. The first-order valence-electron chi connectivity index (χ1n) is 6.84. The number of hydrogen-bond donors (Lipinski definition) is 0. The molecular formula is C15H23NO2. The fourth-order valence-corrected chi connectivity index (χ4v) is 2.08. The normalized spacial score (nSPS) is 12.4. The van der Waals surface area contributed by atoms with Gasteiger partial charge in [-0.3, -0.25) is 10.1 Å². The molecule has 1 aromatic rings. The van der Waals surface area contributed by atoms with Crippen molar-refractivity contribution in [2.45, 2.75) is 52.9 Å². The van der Waals surface area contributed by atoms with Crippen LogP contribution in [-0.4, -0.2) is 4.92 Å². The summed E-state index contributed by atoms with van der Waals surface area (Å²) >= 11 is 0. The summed E-state index contributed by atoms with van der Waals surface area (Å²) in [6.45, 7) is 6.57. The van der Waals surface area contributed by atoms with Crippen molar-refractivity contribution in [1.82, 2.24) is 0 Å². The number of aryl methyl sites for hydroxylation is 2. The van der Waals surface area contributed by atoms with Gasteiger partial charge in [0.05, 0.1) is 4.92 Å². The van der Waals surface area contributed by atoms with E-state index in [-0.39, 0.29) is 10.6 Å². The summed E-state index contributed by atoms with van der Waals surface area (Å²) in [4.78, 5) is 10.5. The van der Waals surface area contributed by atoms with Crippen molar-refractivity contribution in [3.05, 3.63) is 39.4 Å². The van der Waals surface area contributed by atoms with Gasteiger partial charge in [0, 0.05) is 12.1 Å². The van der Waals surface area contributed by atoms with Crippen molar-refractivity contribution in [1.29, 1.82) is 0 Å². The Morgan fingerprint density at radius 1 is 1.22 bits per heavy atom. The SMILES string of the molecule is CCCc1cc([N+](=O)[O-])ccc1CCC(C)CC. The molecule has 3 heteroatoms. The molecular weight excluding hydrogens is 226 g/mol. The van der Waals surface area contributed by atoms with E-state index in [1.54, 1.807) is 12.1 Å². The van der Waals surface area contributed by atoms with Crippen molar-refractivity contribution in [2.24, 2.45) is 5.92 Å². The molecule has 1 atom stereocenters. The van der Waals surface area contributed by atoms with Crippen LogP contribution in [0.2, 0.25) is 0 Å². The minimum atomic E-state index is -0.308. The first-order chi connectivity index (χ1) is 8.58. The average molecular weight is 249 g/mol. The molecule has 0 amide bonds. The van der Waals surface area contributed by atoms with Crippen molar-refractivity contribution < 1.29 is 4.92 Å². The van der Waals surface area contributed by atoms with Crippen LogP contribution in [0, 0.1) is 16.0 Å². The molecule has 1 rings (SSSR count). The zero-order valence-corrected chi connectivity index (χ0v) is 11.6. The summed E-state index contributed by atoms with van der Waals surface area (Å²) in [5.74, 6) is 0.717. The molecule has 0 saturated heterocycles. The average Bonchev–Trinajstić information content (AvgIpc) is 2.36. The Kier molecular flexibility index (Phi) is 5.83. The van der Waals surface area contributed by atoms with Crippen LogP contribution in [0.25, 0.3) is 0 Å². The van der Waals surface area contributed by atoms with Gasteiger partial charge in [-0.1, -0.05) is 39.7 Å². The van der Waals surface area contributed by atoms with Crippen LogP contribution in [-0.2, 0) is 12.8 Å². The lowest BCUT2D eigenvalue weighted by Crippen LogP contribution is -2.00. The quantitative estimate of drug-likeness (QED) is 0.526. The molecule has 0 N–H and O–H groups in total. The number of benzene rings is 1. The molecule has 0 aromatic heterocycles. The van der Waals surface area contributed by atoms with Crippen LogP contribution >= 0.6 is 0 Å². The lowest BCUT2D eigenvalue weighted by atomic mass is 9.94. The summed E-state index contributed by atoms with van der Waals surface area (Å²) in [6.07, 6.45) is 5.33. The number of rotatable bonds is 7. The van der Waals surface area contributed by atoms with Crippen molar-refractivity contribution in [2.75, 3.05) is 0 Å². The van der Waals surface area contributed by atoms with E-state index in [0.29, 0.717) is 0 Å². The standard InChI is InChI=1S/C15H23NO2/c1-4-6-14-11-15(16(17)18)10-9-13(14)8-7-12(3)5-2/h9-12H,4-8H2,1-3H3. The second kappa shape index (κ2) is 7.14. The summed E-state index contributed by atoms with van der Waals surface area (Å²) in [7, 11) is 0. The van der Waals surface area contributed by atoms with Gasteiger partial charge in [-0.05, 0) is 36.3 Å². The summed E-state index contributed by atoms with van der Waals surface area (Å²) < 4.78 is 0. The molecule has 0 aliphatic heterocycles. The van der Waals surface area contributed by atoms with Gasteiger partial charge in [0.1, 0.15) is 0 Å². The van der Waals surface area contributed by atoms with Crippen molar-refractivity contribution >= 4 is 5.69 Å². The van der Waals surface area contributed by atoms with Crippen molar-refractivity contribution in [3.63, 3.8) is 0 Å². The van der Waals surface area contributed by atoms with Crippen LogP contribution < -0.4 is 0 Å². The summed E-state index contributed by atoms with van der Waals surface area (Å²) in [6, 6.07) is 5.31. The topological polar surface area (TPSA) is 43.1 Å². The van der Waals surface area contributed by atoms with Gasteiger partial charge in [-0.2, -0.15) is 0 Å². The molecule has 0 aliphatic carbocycles. The summed E-state index contributed by atoms with van der Waals surface area (Å²) in [5.41, 5.74) is 2.64. The van der Waals surface area contributed by atoms with E-state index in [4.69, 9.17) is 0 Å². The van der Waals surface area contributed by atoms with E-state index in [1.807, 2.05) is 6.07 Å². The fourth-order valence-electron chi connectivity index (χ4n) is 2.08. The molecule has 18 heavy (non-hydrogen) atoms. The summed E-state index contributed by atoms with van der Waals surface area (Å²) in [5, 5.41) is 10.8. The first kappa shape index (κ1) is 14.7. The van der Waals surface area contributed by atoms with Crippen LogP contribution in [0.15, 0.2) is 18.2 Å². The molecule has 3 nitrogen and oxygen atoms in total. The highest BCUT2D eigenvalue weighted by Crippen LogP contribution is 2.22. The van der Waals surface area contributed by atoms with Crippen LogP contribution in [0.4, 0.5) is 5.69 Å². The molecule has 1 aromatic carbocycles. The number of nitro benzene ring substituents is 1. The molecule has 0 aliphatic rings. The van der Waals surface area contributed by atoms with Crippen LogP contribution in [0.5, 0.6) is 0 Å². The van der Waals surface area contributed by atoms with Gasteiger partial charge in [-0.25, -0.2) is 0 Å². The molecule has 1 unspecified atom stereocenters. The smallest absolute Gasteiger partial charge is 0.258 e. The fraction of sp³-hybridized carbons (Fsp3) is 0.600. The predicted octanol–water partition coefficient (Wildman–Crippen LogP) is 4.53. The Labute approximate surface area is 109 Å². The Hall–Kier alpha value is -1.38. The maximum atomic E-state index is 10.8. The Bertz CT molecular complexity index is 401. The zero-order valence-electron chi connectivity index (χ0n) is 11.6. The predicted molar refractivity (Wildman–Crippen MR) is 74.9 cm³/mol. The van der Waals surface area contributed by atoms with Crippen molar-refractivity contribution in [3.8, 4) is 0 Å². The number of non-ortho nitro benzene ring substituents is 1. The Balaban J connectivity index is 2.85. The van der Waals surface area contributed by atoms with Crippen LogP contribution in [0.3, 0.4) is 0 Å². The van der Waals surface area contributed by atoms with Gasteiger partial charge >= 0.3 is 0 Å². The highest BCUT2D eigenvalue weighted by molar-refractivity contribution is 5.40. The third kappa shape index (κ3) is 4.13. The maximum Gasteiger partial charge on any atom is 0.269 e. The largest absolute Gasteiger partial charge is 0.269 e. The van der Waals surface area contributed by atoms with Gasteiger partial charge in [0.15, 0.2) is 0 Å². The highest BCUT2D eigenvalue weighted by Gasteiger charge is 2.11. The Morgan fingerprint density at radius 3 is 2.50 bits per heavy atom. The third-order valence-electron chi connectivity index (χ3n) is 3.52. The third-order valence-corrected chi connectivity index (χ3v) is 3.52. The molecule has 0 spiro atoms. The first-order valence-corrected chi connectivity index (χ1v) is 6.84. The van der Waals surface area contributed by atoms with Crippen LogP contribution in [0.1, 0.15) is 51.2 Å². The van der Waals surface area contributed by atoms with E-state index < -0.39 is 0 Å². The minimum absolute atomic E-state index is 0.214. The van der Waals surface area contributed by atoms with Gasteiger partial charge in [0.2, 0.25) is 0 Å². The molecule has 0 fully saturated rings. The number of hydrogen-bond acceptors (Lipinski definition) is 2. The number of nitro groups is 1.